The van der Waals surface area contributed by atoms with Gasteiger partial charge in [0.15, 0.2) is 0 Å². The molecule has 0 bridgehead atoms. The number of hydrogen-bond acceptors (Lipinski definition) is 4. The molecule has 8 heteroatoms. The van der Waals surface area contributed by atoms with Gasteiger partial charge in [-0.3, -0.25) is 0 Å². The highest BCUT2D eigenvalue weighted by Gasteiger charge is 2.14. The second-order valence-electron chi connectivity index (χ2n) is 4.85. The zero-order valence-electron chi connectivity index (χ0n) is 11.8. The maximum absolute atomic E-state index is 12.8. The van der Waals surface area contributed by atoms with Crippen LogP contribution in [0.3, 0.4) is 0 Å². The quantitative estimate of drug-likeness (QED) is 0.877. The predicted octanol–water partition coefficient (Wildman–Crippen LogP) is 1.52. The van der Waals surface area contributed by atoms with Gasteiger partial charge in [0.25, 0.3) is 0 Å². The van der Waals surface area contributed by atoms with Crippen LogP contribution in [-0.2, 0) is 16.4 Å². The van der Waals surface area contributed by atoms with Crippen LogP contribution in [0, 0.1) is 5.82 Å². The molecule has 2 rings (SSSR count). The van der Waals surface area contributed by atoms with Crippen molar-refractivity contribution in [2.75, 3.05) is 6.54 Å². The number of halogens is 1. The number of benzene rings is 1. The van der Waals surface area contributed by atoms with Gasteiger partial charge in [-0.15, -0.1) is 10.2 Å². The lowest BCUT2D eigenvalue weighted by molar-refractivity contribution is 0.557. The molecule has 21 heavy (non-hydrogen) atoms. The molecule has 0 unspecified atom stereocenters. The molecule has 0 fully saturated rings. The molecule has 1 N–H and O–H groups in total. The lowest BCUT2D eigenvalue weighted by Gasteiger charge is -2.10. The van der Waals surface area contributed by atoms with Crippen molar-refractivity contribution in [3.05, 3.63) is 42.2 Å². The standard InChI is InChI=1S/C13H17FN4O2S/c1-10(2)18-9-15-17-13(18)7-8-16-21(19,20)12-5-3-11(14)4-6-12/h3-6,9-10,16H,7-8H2,1-2H3. The fourth-order valence-electron chi connectivity index (χ4n) is 1.87. The fourth-order valence-corrected chi connectivity index (χ4v) is 2.90. The third-order valence-corrected chi connectivity index (χ3v) is 4.45. The zero-order chi connectivity index (χ0) is 15.5. The van der Waals surface area contributed by atoms with E-state index in [-0.39, 0.29) is 17.5 Å². The highest BCUT2D eigenvalue weighted by Crippen LogP contribution is 2.10. The van der Waals surface area contributed by atoms with Crippen LogP contribution in [0.2, 0.25) is 0 Å². The van der Waals surface area contributed by atoms with Crippen molar-refractivity contribution < 1.29 is 12.8 Å². The molecule has 2 aromatic rings. The van der Waals surface area contributed by atoms with E-state index in [1.807, 2.05) is 18.4 Å². The summed E-state index contributed by atoms with van der Waals surface area (Å²) in [5.74, 6) is 0.241. The van der Waals surface area contributed by atoms with Crippen LogP contribution in [-0.4, -0.2) is 29.7 Å². The molecule has 0 aliphatic heterocycles. The van der Waals surface area contributed by atoms with E-state index in [4.69, 9.17) is 0 Å². The molecule has 0 aliphatic rings. The summed E-state index contributed by atoms with van der Waals surface area (Å²) in [4.78, 5) is 0.0363. The Morgan fingerprint density at radius 2 is 1.95 bits per heavy atom. The van der Waals surface area contributed by atoms with Gasteiger partial charge in [0.2, 0.25) is 10.0 Å². The smallest absolute Gasteiger partial charge is 0.240 e. The third-order valence-electron chi connectivity index (χ3n) is 2.97. The molecule has 0 atom stereocenters. The first-order chi connectivity index (χ1) is 9.90. The topological polar surface area (TPSA) is 76.9 Å². The first kappa shape index (κ1) is 15.6. The van der Waals surface area contributed by atoms with Gasteiger partial charge in [0.05, 0.1) is 4.90 Å². The SMILES string of the molecule is CC(C)n1cnnc1CCNS(=O)(=O)c1ccc(F)cc1. The number of nitrogens with one attached hydrogen (secondary N) is 1. The summed E-state index contributed by atoms with van der Waals surface area (Å²) in [5, 5.41) is 7.79. The molecule has 6 nitrogen and oxygen atoms in total. The van der Waals surface area contributed by atoms with Crippen molar-refractivity contribution >= 4 is 10.0 Å². The summed E-state index contributed by atoms with van der Waals surface area (Å²) < 4.78 is 41.2. The Kier molecular flexibility index (Phi) is 4.69. The van der Waals surface area contributed by atoms with Crippen molar-refractivity contribution in [2.24, 2.45) is 0 Å². The molecule has 0 saturated heterocycles. The van der Waals surface area contributed by atoms with E-state index >= 15 is 0 Å². The van der Waals surface area contributed by atoms with Gasteiger partial charge in [-0.25, -0.2) is 17.5 Å². The van der Waals surface area contributed by atoms with Gasteiger partial charge in [-0.05, 0) is 38.1 Å². The number of nitrogens with zero attached hydrogens (tertiary/aromatic N) is 3. The van der Waals surface area contributed by atoms with Crippen LogP contribution >= 0.6 is 0 Å². The number of hydrogen-bond donors (Lipinski definition) is 1. The molecule has 0 aliphatic carbocycles. The highest BCUT2D eigenvalue weighted by molar-refractivity contribution is 7.89. The maximum atomic E-state index is 12.8. The zero-order valence-corrected chi connectivity index (χ0v) is 12.6. The number of sulfonamides is 1. The molecule has 1 aromatic heterocycles. The second kappa shape index (κ2) is 6.31. The van der Waals surface area contributed by atoms with Gasteiger partial charge in [0.1, 0.15) is 18.0 Å². The van der Waals surface area contributed by atoms with E-state index in [1.165, 1.54) is 12.1 Å². The van der Waals surface area contributed by atoms with E-state index in [9.17, 15) is 12.8 Å². The molecule has 1 aromatic carbocycles. The van der Waals surface area contributed by atoms with E-state index in [1.54, 1.807) is 6.33 Å². The van der Waals surface area contributed by atoms with Crippen LogP contribution < -0.4 is 4.72 Å². The minimum atomic E-state index is -3.64. The van der Waals surface area contributed by atoms with E-state index < -0.39 is 15.8 Å². The summed E-state index contributed by atoms with van der Waals surface area (Å²) in [6.07, 6.45) is 2.05. The summed E-state index contributed by atoms with van der Waals surface area (Å²) in [5.41, 5.74) is 0. The van der Waals surface area contributed by atoms with Crippen molar-refractivity contribution in [3.8, 4) is 0 Å². The van der Waals surface area contributed by atoms with Crippen LogP contribution in [0.5, 0.6) is 0 Å². The van der Waals surface area contributed by atoms with Crippen molar-refractivity contribution in [2.45, 2.75) is 31.2 Å². The minimum Gasteiger partial charge on any atom is -0.315 e. The summed E-state index contributed by atoms with van der Waals surface area (Å²) in [6, 6.07) is 4.90. The molecular formula is C13H17FN4O2S. The Morgan fingerprint density at radius 1 is 1.29 bits per heavy atom. The Balaban J connectivity index is 1.99. The number of rotatable bonds is 6. The van der Waals surface area contributed by atoms with Crippen LogP contribution in [0.1, 0.15) is 25.7 Å². The summed E-state index contributed by atoms with van der Waals surface area (Å²) >= 11 is 0. The van der Waals surface area contributed by atoms with E-state index in [2.05, 4.69) is 14.9 Å². The van der Waals surface area contributed by atoms with E-state index in [0.717, 1.165) is 12.1 Å². The molecule has 114 valence electrons. The maximum Gasteiger partial charge on any atom is 0.240 e. The Labute approximate surface area is 123 Å². The first-order valence-corrected chi connectivity index (χ1v) is 8.02. The lowest BCUT2D eigenvalue weighted by Crippen LogP contribution is -2.26. The van der Waals surface area contributed by atoms with Crippen LogP contribution in [0.15, 0.2) is 35.5 Å². The van der Waals surface area contributed by atoms with Gasteiger partial charge in [-0.1, -0.05) is 0 Å². The normalized spacial score (nSPS) is 12.0. The molecular weight excluding hydrogens is 295 g/mol. The highest BCUT2D eigenvalue weighted by atomic mass is 32.2. The average molecular weight is 312 g/mol. The molecule has 0 spiro atoms. The monoisotopic (exact) mass is 312 g/mol. The van der Waals surface area contributed by atoms with Gasteiger partial charge in [-0.2, -0.15) is 0 Å². The Morgan fingerprint density at radius 3 is 2.57 bits per heavy atom. The molecule has 0 amide bonds. The fraction of sp³-hybridized carbons (Fsp3) is 0.385. The third kappa shape index (κ3) is 3.85. The van der Waals surface area contributed by atoms with Crippen LogP contribution in [0.25, 0.3) is 0 Å². The Bertz CT molecular complexity index is 695. The molecule has 1 heterocycles. The van der Waals surface area contributed by atoms with Crippen molar-refractivity contribution in [1.82, 2.24) is 19.5 Å². The summed E-state index contributed by atoms with van der Waals surface area (Å²) in [7, 11) is -3.64. The minimum absolute atomic E-state index is 0.0363. The lowest BCUT2D eigenvalue weighted by atomic mass is 10.3. The van der Waals surface area contributed by atoms with Crippen molar-refractivity contribution in [3.63, 3.8) is 0 Å². The second-order valence-corrected chi connectivity index (χ2v) is 6.62. The first-order valence-electron chi connectivity index (χ1n) is 6.54. The Hall–Kier alpha value is -1.80. The average Bonchev–Trinajstić information content (AvgIpc) is 2.87. The van der Waals surface area contributed by atoms with Crippen LogP contribution in [0.4, 0.5) is 4.39 Å². The summed E-state index contributed by atoms with van der Waals surface area (Å²) in [6.45, 7) is 4.19. The largest absolute Gasteiger partial charge is 0.315 e. The molecule has 0 radical (unpaired) electrons. The predicted molar refractivity (Wildman–Crippen MR) is 75.7 cm³/mol. The van der Waals surface area contributed by atoms with E-state index in [0.29, 0.717) is 12.2 Å². The van der Waals surface area contributed by atoms with Gasteiger partial charge < -0.3 is 4.57 Å². The van der Waals surface area contributed by atoms with Gasteiger partial charge in [0, 0.05) is 19.0 Å². The van der Waals surface area contributed by atoms with Crippen molar-refractivity contribution in [1.29, 1.82) is 0 Å². The number of aromatic nitrogens is 3. The van der Waals surface area contributed by atoms with Gasteiger partial charge >= 0.3 is 0 Å². The molecule has 0 saturated carbocycles.